The second kappa shape index (κ2) is 9.65. The first-order chi connectivity index (χ1) is 14.3. The number of benzene rings is 1. The van der Waals surface area contributed by atoms with Crippen molar-refractivity contribution in [3.63, 3.8) is 0 Å². The number of hydrogen-bond donors (Lipinski definition) is 1. The van der Waals surface area contributed by atoms with E-state index >= 15 is 0 Å². The lowest BCUT2D eigenvalue weighted by molar-refractivity contribution is -0.361. The van der Waals surface area contributed by atoms with Crippen LogP contribution in [0.2, 0.25) is 0 Å². The van der Waals surface area contributed by atoms with Crippen molar-refractivity contribution in [2.24, 2.45) is 0 Å². The smallest absolute Gasteiger partial charge is 0.438 e. The summed E-state index contributed by atoms with van der Waals surface area (Å²) in [5, 5.41) is 0. The lowest BCUT2D eigenvalue weighted by Gasteiger charge is -2.35. The molecule has 0 fully saturated rings. The number of carbonyl (C=O) groups is 2. The van der Waals surface area contributed by atoms with E-state index in [1.54, 1.807) is 32.9 Å². The Hall–Kier alpha value is -2.35. The Morgan fingerprint density at radius 3 is 1.75 bits per heavy atom. The van der Waals surface area contributed by atoms with E-state index in [0.717, 1.165) is 5.56 Å². The molecule has 1 aromatic rings. The van der Waals surface area contributed by atoms with Crippen molar-refractivity contribution < 1.29 is 58.4 Å². The van der Waals surface area contributed by atoms with Crippen LogP contribution in [0.15, 0.2) is 12.1 Å². The molecule has 0 bridgehead atoms. The molecule has 0 atom stereocenters. The molecule has 0 amide bonds. The third-order valence-electron chi connectivity index (χ3n) is 4.17. The average Bonchev–Trinajstić information content (AvgIpc) is 2.54. The maximum Gasteiger partial charge on any atom is 0.438 e. The van der Waals surface area contributed by atoms with Gasteiger partial charge in [0.1, 0.15) is 11.5 Å². The van der Waals surface area contributed by atoms with Gasteiger partial charge in [0.25, 0.3) is 10.1 Å². The number of ether oxygens (including phenoxy) is 2. The third kappa shape index (κ3) is 7.08. The molecule has 0 aliphatic rings. The van der Waals surface area contributed by atoms with Gasteiger partial charge in [-0.15, -0.1) is 0 Å². The number of alkyl halides is 6. The summed E-state index contributed by atoms with van der Waals surface area (Å²) in [5.41, 5.74) is -3.35. The minimum Gasteiger partial charge on any atom is -0.438 e. The van der Waals surface area contributed by atoms with Gasteiger partial charge in [-0.3, -0.25) is 14.1 Å². The van der Waals surface area contributed by atoms with Crippen LogP contribution in [-0.4, -0.2) is 48.6 Å². The summed E-state index contributed by atoms with van der Waals surface area (Å²) < 4.78 is 117. The Morgan fingerprint density at radius 1 is 0.906 bits per heavy atom. The number of hydrogen-bond acceptors (Lipinski definition) is 6. The van der Waals surface area contributed by atoms with Gasteiger partial charge in [0.2, 0.25) is 0 Å². The highest BCUT2D eigenvalue weighted by molar-refractivity contribution is 7.85. The highest BCUT2D eigenvalue weighted by atomic mass is 32.2. The molecule has 1 rings (SSSR count). The number of esters is 2. The zero-order chi connectivity index (χ0) is 25.1. The molecular weight excluding hydrogens is 474 g/mol. The highest BCUT2D eigenvalue weighted by Gasteiger charge is 2.75. The minimum atomic E-state index is -6.41. The second-order valence-electron chi connectivity index (χ2n) is 7.08. The Labute approximate surface area is 179 Å². The molecule has 1 N–H and O–H groups in total. The predicted octanol–water partition coefficient (Wildman–Crippen LogP) is 3.98. The number of rotatable bonds is 8. The molecule has 0 heterocycles. The number of carbonyl (C=O) groups excluding carboxylic acids is 2. The molecule has 7 nitrogen and oxygen atoms in total. The van der Waals surface area contributed by atoms with Crippen molar-refractivity contribution in [1.29, 1.82) is 0 Å². The van der Waals surface area contributed by atoms with Crippen molar-refractivity contribution in [2.45, 2.75) is 58.0 Å². The van der Waals surface area contributed by atoms with E-state index in [4.69, 9.17) is 9.29 Å². The molecule has 0 saturated carbocycles. The largest absolute Gasteiger partial charge is 0.438 e. The first-order valence-corrected chi connectivity index (χ1v) is 10.5. The normalized spacial score (nSPS) is 13.1. The van der Waals surface area contributed by atoms with E-state index in [0.29, 0.717) is 11.1 Å². The minimum absolute atomic E-state index is 0.226. The molecule has 0 spiro atoms. The molecule has 0 aliphatic carbocycles. The standard InChI is InChI=1S/C18H20F6O7S/c1-10-7-11(2)15(12(3)8-10)30-13(25)5-4-6-14(26)31-16(17(19,20)21,18(22,23)24)9-32(27,28)29/h7-8H,4-6,9H2,1-3H3,(H,27,28,29). The van der Waals surface area contributed by atoms with Crippen molar-refractivity contribution >= 4 is 22.1 Å². The predicted molar refractivity (Wildman–Crippen MR) is 97.5 cm³/mol. The van der Waals surface area contributed by atoms with Crippen molar-refractivity contribution in [3.05, 3.63) is 28.8 Å². The average molecular weight is 494 g/mol. The van der Waals surface area contributed by atoms with E-state index in [1.807, 2.05) is 0 Å². The Bertz CT molecular complexity index is 930. The summed E-state index contributed by atoms with van der Waals surface area (Å²) in [7, 11) is -5.86. The van der Waals surface area contributed by atoms with E-state index in [9.17, 15) is 44.3 Å². The fourth-order valence-corrected chi connectivity index (χ4v) is 3.74. The monoisotopic (exact) mass is 494 g/mol. The Balaban J connectivity index is 2.87. The molecule has 0 unspecified atom stereocenters. The number of aryl methyl sites for hydroxylation is 3. The summed E-state index contributed by atoms with van der Waals surface area (Å²) in [4.78, 5) is 23.6. The van der Waals surface area contributed by atoms with Crippen molar-refractivity contribution in [3.8, 4) is 5.75 Å². The van der Waals surface area contributed by atoms with Crippen molar-refractivity contribution in [1.82, 2.24) is 0 Å². The van der Waals surface area contributed by atoms with Gasteiger partial charge in [0.15, 0.2) is 0 Å². The highest BCUT2D eigenvalue weighted by Crippen LogP contribution is 2.47. The Kier molecular flexibility index (Phi) is 8.35. The van der Waals surface area contributed by atoms with Crippen LogP contribution in [0.3, 0.4) is 0 Å². The second-order valence-corrected chi connectivity index (χ2v) is 8.53. The van der Waals surface area contributed by atoms with E-state index in [-0.39, 0.29) is 5.75 Å². The zero-order valence-electron chi connectivity index (χ0n) is 17.1. The first kappa shape index (κ1) is 27.7. The maximum absolute atomic E-state index is 13.1. The van der Waals surface area contributed by atoms with Gasteiger partial charge >= 0.3 is 29.9 Å². The lowest BCUT2D eigenvalue weighted by atomic mass is 10.1. The zero-order valence-corrected chi connectivity index (χ0v) is 17.9. The molecule has 0 aliphatic heterocycles. The summed E-state index contributed by atoms with van der Waals surface area (Å²) in [6.07, 6.45) is -15.0. The van der Waals surface area contributed by atoms with Crippen LogP contribution in [0.1, 0.15) is 36.0 Å². The molecule has 0 radical (unpaired) electrons. The van der Waals surface area contributed by atoms with Crippen molar-refractivity contribution in [2.75, 3.05) is 5.75 Å². The Morgan fingerprint density at radius 2 is 1.34 bits per heavy atom. The van der Waals surface area contributed by atoms with Crippen LogP contribution in [0, 0.1) is 20.8 Å². The fourth-order valence-electron chi connectivity index (χ4n) is 2.84. The van der Waals surface area contributed by atoms with Gasteiger partial charge in [0.05, 0.1) is 0 Å². The first-order valence-electron chi connectivity index (χ1n) is 8.88. The van der Waals surface area contributed by atoms with Gasteiger partial charge in [-0.2, -0.15) is 34.8 Å². The van der Waals surface area contributed by atoms with Crippen LogP contribution in [0.5, 0.6) is 5.75 Å². The van der Waals surface area contributed by atoms with E-state index < -0.39 is 65.0 Å². The number of halogens is 6. The van der Waals surface area contributed by atoms with Crippen LogP contribution < -0.4 is 4.74 Å². The third-order valence-corrected chi connectivity index (χ3v) is 4.94. The molecule has 14 heteroatoms. The lowest BCUT2D eigenvalue weighted by Crippen LogP contribution is -2.63. The summed E-state index contributed by atoms with van der Waals surface area (Å²) in [6, 6.07) is 3.44. The van der Waals surface area contributed by atoms with E-state index in [2.05, 4.69) is 4.74 Å². The molecule has 0 saturated heterocycles. The fraction of sp³-hybridized carbons (Fsp3) is 0.556. The van der Waals surface area contributed by atoms with Gasteiger partial charge < -0.3 is 9.47 Å². The SMILES string of the molecule is Cc1cc(C)c(OC(=O)CCCC(=O)OC(CS(=O)(=O)O)(C(F)(F)F)C(F)(F)F)c(C)c1. The molecule has 32 heavy (non-hydrogen) atoms. The van der Waals surface area contributed by atoms with E-state index in [1.165, 1.54) is 0 Å². The topological polar surface area (TPSA) is 107 Å². The maximum atomic E-state index is 13.1. The summed E-state index contributed by atoms with van der Waals surface area (Å²) in [5.74, 6) is -5.71. The van der Waals surface area contributed by atoms with Gasteiger partial charge in [-0.25, -0.2) is 0 Å². The quantitative estimate of drug-likeness (QED) is 0.252. The summed E-state index contributed by atoms with van der Waals surface area (Å²) >= 11 is 0. The van der Waals surface area contributed by atoms with Gasteiger partial charge in [-0.1, -0.05) is 17.7 Å². The molecule has 1 aromatic carbocycles. The molecular formula is C18H20F6O7S. The van der Waals surface area contributed by atoms with Gasteiger partial charge in [0, 0.05) is 12.8 Å². The van der Waals surface area contributed by atoms with Crippen LogP contribution in [0.4, 0.5) is 26.3 Å². The molecule has 0 aromatic heterocycles. The van der Waals surface area contributed by atoms with Crippen LogP contribution in [0.25, 0.3) is 0 Å². The van der Waals surface area contributed by atoms with Gasteiger partial charge in [-0.05, 0) is 38.3 Å². The molecule has 182 valence electrons. The van der Waals surface area contributed by atoms with Crippen LogP contribution >= 0.6 is 0 Å². The van der Waals surface area contributed by atoms with Crippen LogP contribution in [-0.2, 0) is 24.4 Å². The summed E-state index contributed by atoms with van der Waals surface area (Å²) in [6.45, 7) is 5.12.